The molecule has 2 aromatic rings. The molecule has 0 aliphatic carbocycles. The van der Waals surface area contributed by atoms with Crippen LogP contribution in [0.3, 0.4) is 0 Å². The van der Waals surface area contributed by atoms with E-state index in [1.165, 1.54) is 19.1 Å². The van der Waals surface area contributed by atoms with Crippen LogP contribution in [0.1, 0.15) is 23.2 Å². The van der Waals surface area contributed by atoms with E-state index >= 15 is 0 Å². The second kappa shape index (κ2) is 5.88. The van der Waals surface area contributed by atoms with E-state index in [1.807, 2.05) is 0 Å². The van der Waals surface area contributed by atoms with Crippen molar-refractivity contribution in [1.29, 1.82) is 0 Å². The number of oxazole rings is 1. The molecule has 0 radical (unpaired) electrons. The number of alkyl halides is 3. The van der Waals surface area contributed by atoms with Crippen molar-refractivity contribution in [3.63, 3.8) is 0 Å². The third kappa shape index (κ3) is 3.44. The van der Waals surface area contributed by atoms with Gasteiger partial charge < -0.3 is 9.15 Å². The van der Waals surface area contributed by atoms with E-state index in [2.05, 4.69) is 25.7 Å². The fourth-order valence-electron chi connectivity index (χ4n) is 1.59. The Morgan fingerprint density at radius 3 is 2.71 bits per heavy atom. The Labute approximate surface area is 126 Å². The maximum atomic E-state index is 12.9. The van der Waals surface area contributed by atoms with Gasteiger partial charge in [0.15, 0.2) is 5.69 Å². The number of benzene rings is 1. The molecule has 0 spiro atoms. The number of carbonyl (C=O) groups excluding carboxylic acids is 1. The maximum absolute atomic E-state index is 12.9. The fourth-order valence-corrected chi connectivity index (χ4v) is 1.99. The highest BCUT2D eigenvalue weighted by Gasteiger charge is 2.41. The third-order valence-corrected chi connectivity index (χ3v) is 2.92. The lowest BCUT2D eigenvalue weighted by molar-refractivity contribution is -0.141. The second-order valence-electron chi connectivity index (χ2n) is 3.93. The lowest BCUT2D eigenvalue weighted by Gasteiger charge is -2.03. The second-order valence-corrected chi connectivity index (χ2v) is 4.84. The number of halogens is 4. The Hall–Kier alpha value is -1.83. The molecule has 0 aliphatic rings. The SMILES string of the molecule is CCOC(=O)c1oc(-c2cccc(Br)c2)nc1C(F)(F)F. The monoisotopic (exact) mass is 363 g/mol. The summed E-state index contributed by atoms with van der Waals surface area (Å²) < 4.78 is 48.9. The molecule has 0 atom stereocenters. The van der Waals surface area contributed by atoms with E-state index in [9.17, 15) is 18.0 Å². The Bertz CT molecular complexity index is 667. The minimum atomic E-state index is -4.81. The van der Waals surface area contributed by atoms with Gasteiger partial charge in [0.2, 0.25) is 11.7 Å². The molecule has 4 nitrogen and oxygen atoms in total. The Balaban J connectivity index is 2.53. The quantitative estimate of drug-likeness (QED) is 0.763. The number of carbonyl (C=O) groups is 1. The molecule has 0 saturated heterocycles. The van der Waals surface area contributed by atoms with Crippen LogP contribution in [0.5, 0.6) is 0 Å². The highest BCUT2D eigenvalue weighted by atomic mass is 79.9. The van der Waals surface area contributed by atoms with E-state index in [0.29, 0.717) is 10.0 Å². The number of esters is 1. The molecule has 0 fully saturated rings. The predicted octanol–water partition coefficient (Wildman–Crippen LogP) is 4.30. The molecule has 0 N–H and O–H groups in total. The molecule has 0 amide bonds. The summed E-state index contributed by atoms with van der Waals surface area (Å²) in [5.74, 6) is -2.44. The van der Waals surface area contributed by atoms with Crippen LogP contribution < -0.4 is 0 Å². The Morgan fingerprint density at radius 1 is 1.43 bits per heavy atom. The van der Waals surface area contributed by atoms with Crippen LogP contribution in [0.4, 0.5) is 13.2 Å². The van der Waals surface area contributed by atoms with Gasteiger partial charge in [-0.15, -0.1) is 0 Å². The predicted molar refractivity (Wildman–Crippen MR) is 70.6 cm³/mol. The Kier molecular flexibility index (Phi) is 4.36. The zero-order valence-electron chi connectivity index (χ0n) is 10.7. The number of ether oxygens (including phenoxy) is 1. The lowest BCUT2D eigenvalue weighted by Crippen LogP contribution is -2.14. The number of nitrogens with zero attached hydrogens (tertiary/aromatic N) is 1. The highest BCUT2D eigenvalue weighted by Crippen LogP contribution is 2.35. The summed E-state index contributed by atoms with van der Waals surface area (Å²) in [7, 11) is 0. The third-order valence-electron chi connectivity index (χ3n) is 2.43. The van der Waals surface area contributed by atoms with Gasteiger partial charge in [-0.2, -0.15) is 13.2 Å². The van der Waals surface area contributed by atoms with Gasteiger partial charge in [0.1, 0.15) is 0 Å². The first-order chi connectivity index (χ1) is 9.82. The minimum Gasteiger partial charge on any atom is -0.460 e. The topological polar surface area (TPSA) is 52.3 Å². The summed E-state index contributed by atoms with van der Waals surface area (Å²) in [5.41, 5.74) is -1.08. The van der Waals surface area contributed by atoms with Crippen LogP contribution in [-0.2, 0) is 10.9 Å². The highest BCUT2D eigenvalue weighted by molar-refractivity contribution is 9.10. The summed E-state index contributed by atoms with van der Waals surface area (Å²) in [6.07, 6.45) is -4.81. The number of aromatic nitrogens is 1. The van der Waals surface area contributed by atoms with E-state index < -0.39 is 23.6 Å². The van der Waals surface area contributed by atoms with Crippen LogP contribution in [0, 0.1) is 0 Å². The fraction of sp³-hybridized carbons (Fsp3) is 0.231. The van der Waals surface area contributed by atoms with Gasteiger partial charge in [0, 0.05) is 10.0 Å². The molecule has 1 aromatic heterocycles. The van der Waals surface area contributed by atoms with Crippen LogP contribution >= 0.6 is 15.9 Å². The van der Waals surface area contributed by atoms with Gasteiger partial charge >= 0.3 is 12.1 Å². The van der Waals surface area contributed by atoms with Crippen molar-refractivity contribution in [1.82, 2.24) is 4.98 Å². The van der Waals surface area contributed by atoms with Crippen molar-refractivity contribution in [2.24, 2.45) is 0 Å². The van der Waals surface area contributed by atoms with Crippen molar-refractivity contribution < 1.29 is 27.1 Å². The molecule has 2 rings (SSSR count). The average Bonchev–Trinajstić information content (AvgIpc) is 2.84. The molecule has 0 bridgehead atoms. The molecular formula is C13H9BrF3NO3. The average molecular weight is 364 g/mol. The lowest BCUT2D eigenvalue weighted by atomic mass is 10.2. The largest absolute Gasteiger partial charge is 0.460 e. The van der Waals surface area contributed by atoms with E-state index in [0.717, 1.165) is 0 Å². The summed E-state index contributed by atoms with van der Waals surface area (Å²) in [6, 6.07) is 6.36. The Morgan fingerprint density at radius 2 is 2.14 bits per heavy atom. The van der Waals surface area contributed by atoms with Crippen LogP contribution in [0.25, 0.3) is 11.5 Å². The standard InChI is InChI=1S/C13H9BrF3NO3/c1-2-20-12(19)9-10(13(15,16)17)18-11(21-9)7-4-3-5-8(14)6-7/h3-6H,2H2,1H3. The molecule has 8 heteroatoms. The van der Waals surface area contributed by atoms with Crippen molar-refractivity contribution >= 4 is 21.9 Å². The van der Waals surface area contributed by atoms with Gasteiger partial charge in [-0.1, -0.05) is 22.0 Å². The maximum Gasteiger partial charge on any atom is 0.437 e. The first-order valence-corrected chi connectivity index (χ1v) is 6.63. The zero-order chi connectivity index (χ0) is 15.6. The van der Waals surface area contributed by atoms with E-state index in [4.69, 9.17) is 4.42 Å². The molecule has 112 valence electrons. The number of hydrogen-bond donors (Lipinski definition) is 0. The molecule has 1 aromatic carbocycles. The van der Waals surface area contributed by atoms with Gasteiger partial charge in [0.25, 0.3) is 0 Å². The molecule has 21 heavy (non-hydrogen) atoms. The number of hydrogen-bond acceptors (Lipinski definition) is 4. The van der Waals surface area contributed by atoms with Crippen molar-refractivity contribution in [2.45, 2.75) is 13.1 Å². The molecular weight excluding hydrogens is 355 g/mol. The number of rotatable bonds is 3. The van der Waals surface area contributed by atoms with Gasteiger partial charge in [0.05, 0.1) is 6.61 Å². The first-order valence-electron chi connectivity index (χ1n) is 5.84. The van der Waals surface area contributed by atoms with Crippen LogP contribution in [-0.4, -0.2) is 17.6 Å². The minimum absolute atomic E-state index is 0.0664. The van der Waals surface area contributed by atoms with Crippen LogP contribution in [0.15, 0.2) is 33.2 Å². The summed E-state index contributed by atoms with van der Waals surface area (Å²) in [5, 5.41) is 0. The van der Waals surface area contributed by atoms with Gasteiger partial charge in [-0.25, -0.2) is 9.78 Å². The molecule has 0 aliphatic heterocycles. The molecule has 1 heterocycles. The first kappa shape index (κ1) is 15.6. The van der Waals surface area contributed by atoms with Crippen LogP contribution in [0.2, 0.25) is 0 Å². The van der Waals surface area contributed by atoms with Crippen molar-refractivity contribution in [3.05, 3.63) is 40.2 Å². The van der Waals surface area contributed by atoms with Crippen molar-refractivity contribution in [2.75, 3.05) is 6.61 Å². The molecule has 0 unspecified atom stereocenters. The van der Waals surface area contributed by atoms with Gasteiger partial charge in [-0.3, -0.25) is 0 Å². The summed E-state index contributed by atoms with van der Waals surface area (Å²) in [4.78, 5) is 14.9. The summed E-state index contributed by atoms with van der Waals surface area (Å²) >= 11 is 3.19. The van der Waals surface area contributed by atoms with Crippen molar-refractivity contribution in [3.8, 4) is 11.5 Å². The van der Waals surface area contributed by atoms with Gasteiger partial charge in [-0.05, 0) is 25.1 Å². The zero-order valence-corrected chi connectivity index (χ0v) is 12.3. The normalized spacial score (nSPS) is 11.5. The summed E-state index contributed by atoms with van der Waals surface area (Å²) in [6.45, 7) is 1.42. The van der Waals surface area contributed by atoms with E-state index in [-0.39, 0.29) is 12.5 Å². The molecule has 0 saturated carbocycles. The smallest absolute Gasteiger partial charge is 0.437 e. The van der Waals surface area contributed by atoms with E-state index in [1.54, 1.807) is 12.1 Å².